The number of rotatable bonds is 5. The summed E-state index contributed by atoms with van der Waals surface area (Å²) in [6.07, 6.45) is 3.01. The molecule has 1 aromatic heterocycles. The zero-order valence-electron chi connectivity index (χ0n) is 16.2. The monoisotopic (exact) mass is 414 g/mol. The number of hydrogen-bond donors (Lipinski definition) is 0. The van der Waals surface area contributed by atoms with E-state index in [1.54, 1.807) is 0 Å². The lowest BCUT2D eigenvalue weighted by atomic mass is 10.0. The Balaban J connectivity index is 1.65. The van der Waals surface area contributed by atoms with Crippen LogP contribution in [0.1, 0.15) is 42.5 Å². The van der Waals surface area contributed by atoms with Gasteiger partial charge in [0.2, 0.25) is 10.0 Å². The molecule has 1 aliphatic rings. The van der Waals surface area contributed by atoms with Gasteiger partial charge in [-0.2, -0.15) is 4.31 Å². The predicted molar refractivity (Wildman–Crippen MR) is 107 cm³/mol. The molecule has 0 spiro atoms. The van der Waals surface area contributed by atoms with Crippen molar-refractivity contribution >= 4 is 10.0 Å². The highest BCUT2D eigenvalue weighted by Gasteiger charge is 2.37. The molecule has 8 heteroatoms. The molecular weight excluding hydrogens is 391 g/mol. The summed E-state index contributed by atoms with van der Waals surface area (Å²) in [6, 6.07) is 14.6. The van der Waals surface area contributed by atoms with Gasteiger partial charge in [-0.1, -0.05) is 36.8 Å². The van der Waals surface area contributed by atoms with E-state index in [-0.39, 0.29) is 10.9 Å². The minimum atomic E-state index is -3.76. The lowest BCUT2D eigenvalue weighted by Crippen LogP contribution is -2.39. The summed E-state index contributed by atoms with van der Waals surface area (Å²) in [5.41, 5.74) is 1.12. The van der Waals surface area contributed by atoms with Gasteiger partial charge >= 0.3 is 0 Å². The maximum Gasteiger partial charge on any atom is 0.243 e. The third kappa shape index (κ3) is 3.95. The molecular formula is C21H23FN4O2S. The first-order valence-corrected chi connectivity index (χ1v) is 11.1. The summed E-state index contributed by atoms with van der Waals surface area (Å²) in [5.74, 6) is 0.968. The van der Waals surface area contributed by atoms with Gasteiger partial charge in [-0.25, -0.2) is 12.8 Å². The molecule has 1 aliphatic heterocycles. The molecule has 0 N–H and O–H groups in total. The van der Waals surface area contributed by atoms with Crippen molar-refractivity contribution in [2.75, 3.05) is 6.54 Å². The second-order valence-electron chi connectivity index (χ2n) is 7.28. The first kappa shape index (κ1) is 19.7. The molecule has 3 aromatic rings. The smallest absolute Gasteiger partial charge is 0.243 e. The Bertz CT molecular complexity index is 1080. The highest BCUT2D eigenvalue weighted by atomic mass is 32.2. The standard InChI is InChI=1S/C21H23FN4O2S/c1-25-20(15-16-7-3-2-4-8-16)23-24-21(25)19-9-5-6-14-26(19)29(27,28)18-12-10-17(22)11-13-18/h2-4,7-8,10-13,19H,5-6,9,14-15H2,1H3/t19-/m0/s1. The fourth-order valence-corrected chi connectivity index (χ4v) is 5.45. The van der Waals surface area contributed by atoms with Crippen molar-refractivity contribution in [2.24, 2.45) is 7.05 Å². The van der Waals surface area contributed by atoms with Crippen LogP contribution in [-0.4, -0.2) is 34.0 Å². The molecule has 0 aliphatic carbocycles. The Morgan fingerprint density at radius 1 is 1.03 bits per heavy atom. The molecule has 1 saturated heterocycles. The lowest BCUT2D eigenvalue weighted by Gasteiger charge is -2.34. The summed E-state index contributed by atoms with van der Waals surface area (Å²) in [5, 5.41) is 8.68. The van der Waals surface area contributed by atoms with E-state index < -0.39 is 15.8 Å². The van der Waals surface area contributed by atoms with Crippen LogP contribution >= 0.6 is 0 Å². The fourth-order valence-electron chi connectivity index (χ4n) is 3.79. The van der Waals surface area contributed by atoms with E-state index in [9.17, 15) is 12.8 Å². The lowest BCUT2D eigenvalue weighted by molar-refractivity contribution is 0.242. The normalized spacial score (nSPS) is 18.1. The van der Waals surface area contributed by atoms with Crippen LogP contribution in [0, 0.1) is 5.82 Å². The first-order valence-electron chi connectivity index (χ1n) is 9.66. The minimum Gasteiger partial charge on any atom is -0.316 e. The Hall–Kier alpha value is -2.58. The van der Waals surface area contributed by atoms with E-state index in [1.807, 2.05) is 41.9 Å². The molecule has 0 saturated carbocycles. The molecule has 1 fully saturated rings. The van der Waals surface area contributed by atoms with Crippen LogP contribution in [0.25, 0.3) is 0 Å². The van der Waals surface area contributed by atoms with Crippen LogP contribution in [0.4, 0.5) is 4.39 Å². The first-order chi connectivity index (χ1) is 14.0. The van der Waals surface area contributed by atoms with Crippen molar-refractivity contribution in [3.63, 3.8) is 0 Å². The minimum absolute atomic E-state index is 0.0949. The number of benzene rings is 2. The van der Waals surface area contributed by atoms with Gasteiger partial charge in [0.05, 0.1) is 10.9 Å². The van der Waals surface area contributed by atoms with Gasteiger partial charge in [-0.05, 0) is 42.7 Å². The topological polar surface area (TPSA) is 68.1 Å². The van der Waals surface area contributed by atoms with Crippen LogP contribution in [0.2, 0.25) is 0 Å². The summed E-state index contributed by atoms with van der Waals surface area (Å²) < 4.78 is 43.1. The largest absolute Gasteiger partial charge is 0.316 e. The molecule has 4 rings (SSSR count). The zero-order chi connectivity index (χ0) is 20.4. The van der Waals surface area contributed by atoms with Crippen molar-refractivity contribution in [1.82, 2.24) is 19.1 Å². The van der Waals surface area contributed by atoms with Crippen LogP contribution in [0.3, 0.4) is 0 Å². The third-order valence-electron chi connectivity index (χ3n) is 5.38. The molecule has 6 nitrogen and oxygen atoms in total. The molecule has 0 bridgehead atoms. The van der Waals surface area contributed by atoms with Crippen molar-refractivity contribution in [3.8, 4) is 0 Å². The van der Waals surface area contributed by atoms with Crippen molar-refractivity contribution in [3.05, 3.63) is 77.6 Å². The molecule has 152 valence electrons. The molecule has 0 amide bonds. The second kappa shape index (κ2) is 8.04. The van der Waals surface area contributed by atoms with Crippen molar-refractivity contribution < 1.29 is 12.8 Å². The Labute approximate surface area is 170 Å². The van der Waals surface area contributed by atoms with E-state index in [0.717, 1.165) is 24.2 Å². The van der Waals surface area contributed by atoms with Crippen LogP contribution in [0.15, 0.2) is 59.5 Å². The van der Waals surface area contributed by atoms with Crippen LogP contribution in [0.5, 0.6) is 0 Å². The summed E-state index contributed by atoms with van der Waals surface area (Å²) in [7, 11) is -1.88. The number of aromatic nitrogens is 3. The zero-order valence-corrected chi connectivity index (χ0v) is 17.0. The molecule has 2 heterocycles. The molecule has 29 heavy (non-hydrogen) atoms. The van der Waals surface area contributed by atoms with E-state index >= 15 is 0 Å². The highest BCUT2D eigenvalue weighted by Crippen LogP contribution is 2.34. The molecule has 0 unspecified atom stereocenters. The van der Waals surface area contributed by atoms with Crippen LogP contribution < -0.4 is 0 Å². The Morgan fingerprint density at radius 3 is 2.48 bits per heavy atom. The van der Waals surface area contributed by atoms with Gasteiger partial charge in [0.1, 0.15) is 11.6 Å². The quantitative estimate of drug-likeness (QED) is 0.641. The summed E-state index contributed by atoms with van der Waals surface area (Å²) in [4.78, 5) is 0.0949. The van der Waals surface area contributed by atoms with E-state index in [2.05, 4.69) is 10.2 Å². The molecule has 0 radical (unpaired) electrons. The predicted octanol–water partition coefficient (Wildman–Crippen LogP) is 3.46. The van der Waals surface area contributed by atoms with Crippen LogP contribution in [-0.2, 0) is 23.5 Å². The average molecular weight is 415 g/mol. The molecule has 2 aromatic carbocycles. The van der Waals surface area contributed by atoms with Gasteiger partial charge in [0, 0.05) is 20.0 Å². The van der Waals surface area contributed by atoms with Crippen molar-refractivity contribution in [2.45, 2.75) is 36.6 Å². The van der Waals surface area contributed by atoms with Gasteiger partial charge < -0.3 is 4.57 Å². The van der Waals surface area contributed by atoms with E-state index in [0.29, 0.717) is 25.2 Å². The third-order valence-corrected chi connectivity index (χ3v) is 7.30. The molecule has 1 atom stereocenters. The second-order valence-corrected chi connectivity index (χ2v) is 9.17. The Kier molecular flexibility index (Phi) is 5.47. The number of nitrogens with zero attached hydrogens (tertiary/aromatic N) is 4. The van der Waals surface area contributed by atoms with E-state index in [1.165, 1.54) is 28.6 Å². The van der Waals surface area contributed by atoms with E-state index in [4.69, 9.17) is 0 Å². The summed E-state index contributed by atoms with van der Waals surface area (Å²) in [6.45, 7) is 0.408. The fraction of sp³-hybridized carbons (Fsp3) is 0.333. The number of hydrogen-bond acceptors (Lipinski definition) is 4. The highest BCUT2D eigenvalue weighted by molar-refractivity contribution is 7.89. The average Bonchev–Trinajstić information content (AvgIpc) is 3.09. The van der Waals surface area contributed by atoms with Gasteiger partial charge in [-0.15, -0.1) is 10.2 Å². The number of halogens is 1. The van der Waals surface area contributed by atoms with Crippen molar-refractivity contribution in [1.29, 1.82) is 0 Å². The number of piperidine rings is 1. The van der Waals surface area contributed by atoms with Gasteiger partial charge in [-0.3, -0.25) is 0 Å². The van der Waals surface area contributed by atoms with Gasteiger partial charge in [0.25, 0.3) is 0 Å². The van der Waals surface area contributed by atoms with Gasteiger partial charge in [0.15, 0.2) is 5.82 Å². The maximum atomic E-state index is 13.3. The number of sulfonamides is 1. The summed E-state index contributed by atoms with van der Waals surface area (Å²) >= 11 is 0. The maximum absolute atomic E-state index is 13.3. The Morgan fingerprint density at radius 2 is 1.76 bits per heavy atom. The SMILES string of the molecule is Cn1c(Cc2ccccc2)nnc1[C@@H]1CCCCN1S(=O)(=O)c1ccc(F)cc1.